The molecule has 4 heteroatoms. The summed E-state index contributed by atoms with van der Waals surface area (Å²) >= 11 is 6.22. The molecule has 0 atom stereocenters. The number of ether oxygens (including phenoxy) is 1. The summed E-state index contributed by atoms with van der Waals surface area (Å²) in [6.07, 6.45) is 2.26. The summed E-state index contributed by atoms with van der Waals surface area (Å²) in [4.78, 5) is 24.9. The van der Waals surface area contributed by atoms with E-state index in [-0.39, 0.29) is 11.6 Å². The van der Waals surface area contributed by atoms with Crippen LogP contribution in [0, 0.1) is 0 Å². The van der Waals surface area contributed by atoms with Gasteiger partial charge in [0.2, 0.25) is 0 Å². The Balaban J connectivity index is 1.98. The third-order valence-corrected chi connectivity index (χ3v) is 3.96. The molecule has 0 aromatic heterocycles. The molecule has 23 heavy (non-hydrogen) atoms. The number of carbonyl (C=O) groups is 2. The molecular weight excluding hydrogens is 312 g/mol. The molecule has 0 bridgehead atoms. The maximum absolute atomic E-state index is 12.6. The van der Waals surface area contributed by atoms with Crippen molar-refractivity contribution in [1.29, 1.82) is 0 Å². The Hall–Kier alpha value is -2.39. The van der Waals surface area contributed by atoms with Crippen LogP contribution in [0.4, 0.5) is 0 Å². The van der Waals surface area contributed by atoms with E-state index in [1.165, 1.54) is 6.08 Å². The van der Waals surface area contributed by atoms with Gasteiger partial charge in [0.25, 0.3) is 0 Å². The highest BCUT2D eigenvalue weighted by Crippen LogP contribution is 2.32. The SMILES string of the molecule is CCCOc1ccc(C2=CC(=O)c3ccccc3C2=O)cc1Cl. The lowest BCUT2D eigenvalue weighted by molar-refractivity contribution is 0.100. The summed E-state index contributed by atoms with van der Waals surface area (Å²) in [7, 11) is 0. The molecule has 3 nitrogen and oxygen atoms in total. The van der Waals surface area contributed by atoms with E-state index in [9.17, 15) is 9.59 Å². The van der Waals surface area contributed by atoms with E-state index in [1.54, 1.807) is 42.5 Å². The van der Waals surface area contributed by atoms with Gasteiger partial charge >= 0.3 is 0 Å². The van der Waals surface area contributed by atoms with Crippen molar-refractivity contribution in [2.24, 2.45) is 0 Å². The normalized spacial score (nSPS) is 13.6. The van der Waals surface area contributed by atoms with E-state index in [0.717, 1.165) is 6.42 Å². The van der Waals surface area contributed by atoms with E-state index >= 15 is 0 Å². The number of hydrogen-bond donors (Lipinski definition) is 0. The van der Waals surface area contributed by atoms with Crippen molar-refractivity contribution in [2.45, 2.75) is 13.3 Å². The van der Waals surface area contributed by atoms with Crippen LogP contribution in [-0.2, 0) is 0 Å². The minimum Gasteiger partial charge on any atom is -0.492 e. The van der Waals surface area contributed by atoms with Crippen LogP contribution >= 0.6 is 11.6 Å². The van der Waals surface area contributed by atoms with Crippen molar-refractivity contribution in [1.82, 2.24) is 0 Å². The fraction of sp³-hybridized carbons (Fsp3) is 0.158. The quantitative estimate of drug-likeness (QED) is 0.825. The van der Waals surface area contributed by atoms with Gasteiger partial charge in [0.05, 0.1) is 11.6 Å². The van der Waals surface area contributed by atoms with Gasteiger partial charge in [-0.2, -0.15) is 0 Å². The molecule has 0 N–H and O–H groups in total. The minimum absolute atomic E-state index is 0.168. The second-order valence-corrected chi connectivity index (χ2v) is 5.70. The topological polar surface area (TPSA) is 43.4 Å². The Morgan fingerprint density at radius 3 is 2.48 bits per heavy atom. The zero-order valence-electron chi connectivity index (χ0n) is 12.6. The van der Waals surface area contributed by atoms with Crippen LogP contribution in [0.15, 0.2) is 48.5 Å². The van der Waals surface area contributed by atoms with Crippen molar-refractivity contribution in [3.05, 3.63) is 70.3 Å². The van der Waals surface area contributed by atoms with Crippen LogP contribution in [0.2, 0.25) is 5.02 Å². The molecule has 0 heterocycles. The first-order valence-electron chi connectivity index (χ1n) is 7.44. The Morgan fingerprint density at radius 1 is 1.04 bits per heavy atom. The second-order valence-electron chi connectivity index (χ2n) is 5.29. The number of hydrogen-bond acceptors (Lipinski definition) is 3. The highest BCUT2D eigenvalue weighted by molar-refractivity contribution is 6.39. The van der Waals surface area contributed by atoms with Crippen LogP contribution in [0.5, 0.6) is 5.75 Å². The van der Waals surface area contributed by atoms with Crippen LogP contribution in [0.25, 0.3) is 5.57 Å². The van der Waals surface area contributed by atoms with Crippen molar-refractivity contribution in [2.75, 3.05) is 6.61 Å². The van der Waals surface area contributed by atoms with Gasteiger partial charge in [-0.3, -0.25) is 9.59 Å². The second kappa shape index (κ2) is 6.39. The lowest BCUT2D eigenvalue weighted by Gasteiger charge is -2.16. The molecular formula is C19H15ClO3. The van der Waals surface area contributed by atoms with Gasteiger partial charge < -0.3 is 4.74 Å². The standard InChI is InChI=1S/C19H15ClO3/c1-2-9-23-18-8-7-12(10-16(18)20)15-11-17(21)13-5-3-4-6-14(13)19(15)22/h3-8,10-11H,2,9H2,1H3. The number of rotatable bonds is 4. The molecule has 0 spiro atoms. The molecule has 0 saturated heterocycles. The van der Waals surface area contributed by atoms with Crippen molar-refractivity contribution in [3.63, 3.8) is 0 Å². The molecule has 0 aliphatic heterocycles. The smallest absolute Gasteiger partial charge is 0.194 e. The van der Waals surface area contributed by atoms with E-state index in [1.807, 2.05) is 6.92 Å². The van der Waals surface area contributed by atoms with Crippen LogP contribution in [0.1, 0.15) is 39.6 Å². The molecule has 0 radical (unpaired) electrons. The molecule has 1 aliphatic carbocycles. The average molecular weight is 327 g/mol. The van der Waals surface area contributed by atoms with Gasteiger partial charge in [-0.1, -0.05) is 48.9 Å². The number of carbonyl (C=O) groups excluding carboxylic acids is 2. The molecule has 3 rings (SSSR count). The highest BCUT2D eigenvalue weighted by atomic mass is 35.5. The molecule has 2 aromatic rings. The van der Waals surface area contributed by atoms with Crippen molar-refractivity contribution < 1.29 is 14.3 Å². The maximum atomic E-state index is 12.6. The molecule has 0 unspecified atom stereocenters. The summed E-state index contributed by atoms with van der Waals surface area (Å²) in [6, 6.07) is 12.0. The maximum Gasteiger partial charge on any atom is 0.194 e. The third-order valence-electron chi connectivity index (χ3n) is 3.66. The summed E-state index contributed by atoms with van der Waals surface area (Å²) in [5, 5.41) is 0.427. The number of fused-ring (bicyclic) bond motifs is 1. The average Bonchev–Trinajstić information content (AvgIpc) is 2.57. The van der Waals surface area contributed by atoms with Gasteiger partial charge in [-0.15, -0.1) is 0 Å². The van der Waals surface area contributed by atoms with Gasteiger partial charge in [0.15, 0.2) is 11.6 Å². The lowest BCUT2D eigenvalue weighted by atomic mass is 9.86. The number of allylic oxidation sites excluding steroid dienone is 2. The number of halogens is 1. The van der Waals surface area contributed by atoms with Gasteiger partial charge in [-0.05, 0) is 30.2 Å². The Bertz CT molecular complexity index is 821. The Morgan fingerprint density at radius 2 is 1.78 bits per heavy atom. The van der Waals surface area contributed by atoms with Crippen LogP contribution in [-0.4, -0.2) is 18.2 Å². The molecule has 116 valence electrons. The molecule has 0 amide bonds. The largest absolute Gasteiger partial charge is 0.492 e. The van der Waals surface area contributed by atoms with E-state index < -0.39 is 0 Å². The summed E-state index contributed by atoms with van der Waals surface area (Å²) in [5.41, 5.74) is 1.84. The van der Waals surface area contributed by atoms with Gasteiger partial charge in [-0.25, -0.2) is 0 Å². The summed E-state index contributed by atoms with van der Waals surface area (Å²) in [6.45, 7) is 2.59. The first-order chi connectivity index (χ1) is 11.1. The van der Waals surface area contributed by atoms with Crippen molar-refractivity contribution >= 4 is 28.7 Å². The van der Waals surface area contributed by atoms with E-state index in [2.05, 4.69) is 0 Å². The first kappa shape index (κ1) is 15.5. The predicted molar refractivity (Wildman–Crippen MR) is 90.3 cm³/mol. The Kier molecular flexibility index (Phi) is 4.30. The Labute approximate surface area is 139 Å². The fourth-order valence-electron chi connectivity index (χ4n) is 2.53. The molecule has 1 aliphatic rings. The van der Waals surface area contributed by atoms with Gasteiger partial charge in [0.1, 0.15) is 5.75 Å². The van der Waals surface area contributed by atoms with E-state index in [0.29, 0.717) is 39.6 Å². The number of Topliss-reactive ketones (excluding diaryl/α,β-unsaturated/α-hetero) is 1. The van der Waals surface area contributed by atoms with Crippen molar-refractivity contribution in [3.8, 4) is 5.75 Å². The molecule has 0 saturated carbocycles. The monoisotopic (exact) mass is 326 g/mol. The molecule has 2 aromatic carbocycles. The van der Waals surface area contributed by atoms with E-state index in [4.69, 9.17) is 16.3 Å². The lowest BCUT2D eigenvalue weighted by Crippen LogP contribution is -2.16. The first-order valence-corrected chi connectivity index (χ1v) is 7.82. The predicted octanol–water partition coefficient (Wildman–Crippen LogP) is 4.59. The summed E-state index contributed by atoms with van der Waals surface area (Å²) < 4.78 is 5.53. The highest BCUT2D eigenvalue weighted by Gasteiger charge is 2.26. The summed E-state index contributed by atoms with van der Waals surface area (Å²) in [5.74, 6) is 0.240. The number of ketones is 2. The zero-order valence-corrected chi connectivity index (χ0v) is 13.4. The zero-order chi connectivity index (χ0) is 16.4. The molecule has 0 fully saturated rings. The van der Waals surface area contributed by atoms with Gasteiger partial charge in [0, 0.05) is 16.7 Å². The fourth-order valence-corrected chi connectivity index (χ4v) is 2.76. The number of benzene rings is 2. The third kappa shape index (κ3) is 2.92. The minimum atomic E-state index is -0.169. The van der Waals surface area contributed by atoms with Crippen LogP contribution in [0.3, 0.4) is 0 Å². The van der Waals surface area contributed by atoms with Crippen LogP contribution < -0.4 is 4.74 Å².